The fraction of sp³-hybridized carbons (Fsp3) is 0.0800. The molecule has 0 saturated heterocycles. The summed E-state index contributed by atoms with van der Waals surface area (Å²) in [5.74, 6) is 0.450. The van der Waals surface area contributed by atoms with Crippen molar-refractivity contribution >= 4 is 22.4 Å². The standard InChI is InChI=1S/C25H21NO2/c1-25(20-13-4-2-5-14-20,24(27)26-21-15-6-3-7-16-21)28-23-18-10-12-19-11-8-9-17-22(19)23/h2-18H,1H3,(H,26,27). The third kappa shape index (κ3) is 3.47. The SMILES string of the molecule is CC(Oc1cccc2ccccc12)(C(=O)Nc1ccccc1)c1ccccc1. The van der Waals surface area contributed by atoms with E-state index in [1.807, 2.05) is 110 Å². The molecule has 1 unspecified atom stereocenters. The van der Waals surface area contributed by atoms with E-state index in [-0.39, 0.29) is 5.91 Å². The predicted molar refractivity (Wildman–Crippen MR) is 113 cm³/mol. The summed E-state index contributed by atoms with van der Waals surface area (Å²) >= 11 is 0. The van der Waals surface area contributed by atoms with Crippen molar-refractivity contribution in [3.63, 3.8) is 0 Å². The summed E-state index contributed by atoms with van der Waals surface area (Å²) < 4.78 is 6.42. The van der Waals surface area contributed by atoms with Gasteiger partial charge in [0.15, 0.2) is 0 Å². The number of nitrogens with one attached hydrogen (secondary N) is 1. The molecular formula is C25H21NO2. The van der Waals surface area contributed by atoms with E-state index >= 15 is 0 Å². The summed E-state index contributed by atoms with van der Waals surface area (Å²) in [4.78, 5) is 13.3. The summed E-state index contributed by atoms with van der Waals surface area (Å²) in [5.41, 5.74) is 0.328. The fourth-order valence-electron chi connectivity index (χ4n) is 3.27. The number of para-hydroxylation sites is 1. The smallest absolute Gasteiger partial charge is 0.273 e. The zero-order valence-electron chi connectivity index (χ0n) is 15.6. The first-order valence-corrected chi connectivity index (χ1v) is 9.26. The van der Waals surface area contributed by atoms with Crippen LogP contribution in [0.2, 0.25) is 0 Å². The lowest BCUT2D eigenvalue weighted by Gasteiger charge is -2.30. The van der Waals surface area contributed by atoms with Crippen LogP contribution in [0.4, 0.5) is 5.69 Å². The Balaban J connectivity index is 1.76. The van der Waals surface area contributed by atoms with Crippen LogP contribution in [0.3, 0.4) is 0 Å². The maximum atomic E-state index is 13.3. The van der Waals surface area contributed by atoms with E-state index in [0.717, 1.165) is 22.0 Å². The van der Waals surface area contributed by atoms with Crippen molar-refractivity contribution < 1.29 is 9.53 Å². The maximum Gasteiger partial charge on any atom is 0.273 e. The molecular weight excluding hydrogens is 346 g/mol. The molecule has 0 radical (unpaired) electrons. The van der Waals surface area contributed by atoms with Crippen molar-refractivity contribution in [2.75, 3.05) is 5.32 Å². The first-order valence-electron chi connectivity index (χ1n) is 9.26. The molecule has 4 aromatic carbocycles. The molecule has 1 atom stereocenters. The highest BCUT2D eigenvalue weighted by Crippen LogP contribution is 2.34. The zero-order chi connectivity index (χ0) is 19.4. The Labute approximate surface area is 164 Å². The lowest BCUT2D eigenvalue weighted by atomic mass is 9.94. The third-order valence-electron chi connectivity index (χ3n) is 4.85. The summed E-state index contributed by atoms with van der Waals surface area (Å²) in [7, 11) is 0. The molecule has 3 nitrogen and oxygen atoms in total. The summed E-state index contributed by atoms with van der Waals surface area (Å²) in [6.45, 7) is 1.81. The van der Waals surface area contributed by atoms with Crippen LogP contribution in [-0.4, -0.2) is 5.91 Å². The number of benzene rings is 4. The topological polar surface area (TPSA) is 38.3 Å². The minimum Gasteiger partial charge on any atom is -0.472 e. The van der Waals surface area contributed by atoms with Crippen LogP contribution in [0.15, 0.2) is 103 Å². The molecule has 0 bridgehead atoms. The number of carbonyl (C=O) groups is 1. The summed E-state index contributed by atoms with van der Waals surface area (Å²) in [6.07, 6.45) is 0. The Bertz CT molecular complexity index is 1090. The van der Waals surface area contributed by atoms with Crippen LogP contribution in [0.1, 0.15) is 12.5 Å². The number of anilines is 1. The molecule has 0 aliphatic rings. The second kappa shape index (κ2) is 7.57. The largest absolute Gasteiger partial charge is 0.472 e. The Morgan fingerprint density at radius 2 is 1.36 bits per heavy atom. The van der Waals surface area contributed by atoms with E-state index in [2.05, 4.69) is 5.32 Å². The summed E-state index contributed by atoms with van der Waals surface area (Å²) in [6, 6.07) is 32.9. The molecule has 0 heterocycles. The van der Waals surface area contributed by atoms with Gasteiger partial charge in [0, 0.05) is 16.6 Å². The van der Waals surface area contributed by atoms with E-state index in [1.54, 1.807) is 0 Å². The van der Waals surface area contributed by atoms with Crippen LogP contribution in [0.5, 0.6) is 5.75 Å². The zero-order valence-corrected chi connectivity index (χ0v) is 15.6. The molecule has 0 aliphatic carbocycles. The molecule has 0 fully saturated rings. The Kier molecular flexibility index (Phi) is 4.81. The van der Waals surface area contributed by atoms with Gasteiger partial charge in [0.1, 0.15) is 5.75 Å². The van der Waals surface area contributed by atoms with Gasteiger partial charge in [0.05, 0.1) is 0 Å². The van der Waals surface area contributed by atoms with Gasteiger partial charge in [0.2, 0.25) is 5.60 Å². The highest BCUT2D eigenvalue weighted by molar-refractivity contribution is 5.98. The molecule has 138 valence electrons. The van der Waals surface area contributed by atoms with Crippen molar-refractivity contribution in [2.24, 2.45) is 0 Å². The maximum absolute atomic E-state index is 13.3. The van der Waals surface area contributed by atoms with Crippen molar-refractivity contribution in [2.45, 2.75) is 12.5 Å². The van der Waals surface area contributed by atoms with E-state index in [1.165, 1.54) is 0 Å². The lowest BCUT2D eigenvalue weighted by molar-refractivity contribution is -0.130. The van der Waals surface area contributed by atoms with Crippen molar-refractivity contribution in [1.29, 1.82) is 0 Å². The first-order chi connectivity index (χ1) is 13.7. The van der Waals surface area contributed by atoms with Crippen LogP contribution in [0.25, 0.3) is 10.8 Å². The molecule has 4 aromatic rings. The summed E-state index contributed by atoms with van der Waals surface area (Å²) in [5, 5.41) is 5.03. The first kappa shape index (κ1) is 17.8. The van der Waals surface area contributed by atoms with Crippen molar-refractivity contribution in [1.82, 2.24) is 0 Å². The number of hydrogen-bond donors (Lipinski definition) is 1. The van der Waals surface area contributed by atoms with E-state index < -0.39 is 5.60 Å². The van der Waals surface area contributed by atoms with Crippen LogP contribution < -0.4 is 10.1 Å². The Morgan fingerprint density at radius 3 is 2.11 bits per heavy atom. The number of amides is 1. The minimum absolute atomic E-state index is 0.224. The molecule has 1 amide bonds. The number of ether oxygens (including phenoxy) is 1. The van der Waals surface area contributed by atoms with Gasteiger partial charge in [-0.1, -0.05) is 84.9 Å². The van der Waals surface area contributed by atoms with Crippen molar-refractivity contribution in [3.05, 3.63) is 109 Å². The molecule has 28 heavy (non-hydrogen) atoms. The second-order valence-electron chi connectivity index (χ2n) is 6.80. The molecule has 1 N–H and O–H groups in total. The van der Waals surface area contributed by atoms with Crippen LogP contribution in [-0.2, 0) is 10.4 Å². The number of fused-ring (bicyclic) bond motifs is 1. The van der Waals surface area contributed by atoms with Crippen molar-refractivity contribution in [3.8, 4) is 5.75 Å². The Morgan fingerprint density at radius 1 is 0.750 bits per heavy atom. The van der Waals surface area contributed by atoms with Gasteiger partial charge in [0.25, 0.3) is 5.91 Å². The van der Waals surface area contributed by atoms with E-state index in [9.17, 15) is 4.79 Å². The molecule has 0 aromatic heterocycles. The average Bonchev–Trinajstić information content (AvgIpc) is 2.75. The molecule has 0 aliphatic heterocycles. The average molecular weight is 367 g/mol. The fourth-order valence-corrected chi connectivity index (χ4v) is 3.27. The third-order valence-corrected chi connectivity index (χ3v) is 4.85. The predicted octanol–water partition coefficient (Wildman–Crippen LogP) is 5.77. The number of rotatable bonds is 5. The van der Waals surface area contributed by atoms with Gasteiger partial charge < -0.3 is 10.1 Å². The number of hydrogen-bond acceptors (Lipinski definition) is 2. The van der Waals surface area contributed by atoms with Crippen LogP contribution in [0, 0.1) is 0 Å². The quantitative estimate of drug-likeness (QED) is 0.486. The van der Waals surface area contributed by atoms with Crippen LogP contribution >= 0.6 is 0 Å². The molecule has 3 heteroatoms. The number of carbonyl (C=O) groups excluding carboxylic acids is 1. The van der Waals surface area contributed by atoms with Gasteiger partial charge in [-0.2, -0.15) is 0 Å². The lowest BCUT2D eigenvalue weighted by Crippen LogP contribution is -2.42. The van der Waals surface area contributed by atoms with Gasteiger partial charge in [-0.05, 0) is 30.5 Å². The monoisotopic (exact) mass is 367 g/mol. The van der Waals surface area contributed by atoms with Gasteiger partial charge in [-0.15, -0.1) is 0 Å². The Hall–Kier alpha value is -3.59. The van der Waals surface area contributed by atoms with E-state index in [4.69, 9.17) is 4.74 Å². The minimum atomic E-state index is -1.19. The highest BCUT2D eigenvalue weighted by Gasteiger charge is 2.38. The second-order valence-corrected chi connectivity index (χ2v) is 6.80. The van der Waals surface area contributed by atoms with Gasteiger partial charge in [-0.3, -0.25) is 4.79 Å². The van der Waals surface area contributed by atoms with E-state index in [0.29, 0.717) is 5.75 Å². The van der Waals surface area contributed by atoms with Gasteiger partial charge in [-0.25, -0.2) is 0 Å². The van der Waals surface area contributed by atoms with Gasteiger partial charge >= 0.3 is 0 Å². The molecule has 4 rings (SSSR count). The highest BCUT2D eigenvalue weighted by atomic mass is 16.5. The molecule has 0 spiro atoms. The molecule has 0 saturated carbocycles. The normalized spacial score (nSPS) is 12.9.